The van der Waals surface area contributed by atoms with Gasteiger partial charge >= 0.3 is 0 Å². The molecule has 20 heavy (non-hydrogen) atoms. The number of aromatic nitrogens is 3. The van der Waals surface area contributed by atoms with Crippen LogP contribution in [-0.4, -0.2) is 44.1 Å². The number of piperidine rings is 1. The van der Waals surface area contributed by atoms with Crippen LogP contribution in [0.2, 0.25) is 0 Å². The molecule has 0 bridgehead atoms. The molecule has 1 N–H and O–H groups in total. The highest BCUT2D eigenvalue weighted by molar-refractivity contribution is 7.99. The quantitative estimate of drug-likeness (QED) is 0.882. The molecular formula is C14H18N4OS. The van der Waals surface area contributed by atoms with Gasteiger partial charge in [0.15, 0.2) is 10.8 Å². The summed E-state index contributed by atoms with van der Waals surface area (Å²) in [5, 5.41) is 0.761. The van der Waals surface area contributed by atoms with Crippen molar-refractivity contribution in [3.8, 4) is 0 Å². The summed E-state index contributed by atoms with van der Waals surface area (Å²) in [7, 11) is 0. The summed E-state index contributed by atoms with van der Waals surface area (Å²) < 4.78 is 0. The summed E-state index contributed by atoms with van der Waals surface area (Å²) in [6, 6.07) is 4.18. The van der Waals surface area contributed by atoms with E-state index in [2.05, 4.69) is 21.9 Å². The maximum atomic E-state index is 12.2. The van der Waals surface area contributed by atoms with E-state index in [4.69, 9.17) is 0 Å². The van der Waals surface area contributed by atoms with Crippen LogP contribution in [0.15, 0.2) is 23.5 Å². The predicted molar refractivity (Wildman–Crippen MR) is 79.6 cm³/mol. The first-order chi connectivity index (χ1) is 9.74. The fraction of sp³-hybridized carbons (Fsp3) is 0.500. The van der Waals surface area contributed by atoms with Gasteiger partial charge in [0, 0.05) is 18.8 Å². The lowest BCUT2D eigenvalue weighted by Crippen LogP contribution is -2.42. The molecule has 1 atom stereocenters. The van der Waals surface area contributed by atoms with E-state index in [9.17, 15) is 4.79 Å². The number of nitrogens with one attached hydrogen (secondary N) is 1. The summed E-state index contributed by atoms with van der Waals surface area (Å²) in [6.07, 6.45) is 5.19. The second kappa shape index (κ2) is 5.83. The van der Waals surface area contributed by atoms with Gasteiger partial charge in [-0.05, 0) is 38.3 Å². The molecule has 0 aliphatic carbocycles. The van der Waals surface area contributed by atoms with Gasteiger partial charge in [0.05, 0.1) is 11.3 Å². The fourth-order valence-electron chi connectivity index (χ4n) is 2.57. The molecule has 3 heterocycles. The first kappa shape index (κ1) is 13.4. The number of hydrogen-bond acceptors (Lipinski definition) is 4. The van der Waals surface area contributed by atoms with Crippen LogP contribution < -0.4 is 0 Å². The van der Waals surface area contributed by atoms with E-state index in [1.807, 2.05) is 17.0 Å². The van der Waals surface area contributed by atoms with E-state index >= 15 is 0 Å². The van der Waals surface area contributed by atoms with Crippen molar-refractivity contribution >= 4 is 28.8 Å². The van der Waals surface area contributed by atoms with Gasteiger partial charge in [-0.3, -0.25) is 4.79 Å². The molecule has 2 aromatic heterocycles. The molecule has 6 heteroatoms. The number of rotatable bonds is 3. The maximum Gasteiger partial charge on any atom is 0.233 e. The van der Waals surface area contributed by atoms with Gasteiger partial charge in [-0.25, -0.2) is 9.97 Å². The Bertz CT molecular complexity index is 579. The highest BCUT2D eigenvalue weighted by Crippen LogP contribution is 2.21. The Labute approximate surface area is 122 Å². The average molecular weight is 290 g/mol. The molecule has 106 valence electrons. The minimum absolute atomic E-state index is 0.204. The predicted octanol–water partition coefficient (Wildman–Crippen LogP) is 2.45. The van der Waals surface area contributed by atoms with Crippen molar-refractivity contribution in [3.63, 3.8) is 0 Å². The molecule has 1 aliphatic heterocycles. The molecule has 0 radical (unpaired) electrons. The lowest BCUT2D eigenvalue weighted by molar-refractivity contribution is -0.131. The first-order valence-corrected chi connectivity index (χ1v) is 7.95. The molecule has 5 nitrogen and oxygen atoms in total. The third-order valence-corrected chi connectivity index (χ3v) is 4.55. The molecule has 0 spiro atoms. The molecule has 2 aromatic rings. The number of pyridine rings is 1. The van der Waals surface area contributed by atoms with Gasteiger partial charge in [-0.1, -0.05) is 11.8 Å². The van der Waals surface area contributed by atoms with Crippen LogP contribution in [-0.2, 0) is 4.79 Å². The Hall–Kier alpha value is -1.56. The van der Waals surface area contributed by atoms with Gasteiger partial charge in [-0.2, -0.15) is 0 Å². The van der Waals surface area contributed by atoms with Gasteiger partial charge in [0.1, 0.15) is 0 Å². The fourth-order valence-corrected chi connectivity index (χ4v) is 3.33. The Balaban J connectivity index is 1.62. The third-order valence-electron chi connectivity index (χ3n) is 3.69. The SMILES string of the molecule is C[C@@H]1CCCCN1C(=O)CSc1nc2ncccc2[nH]1. The summed E-state index contributed by atoms with van der Waals surface area (Å²) >= 11 is 1.45. The monoisotopic (exact) mass is 290 g/mol. The Kier molecular flexibility index (Phi) is 3.91. The van der Waals surface area contributed by atoms with E-state index in [1.54, 1.807) is 6.20 Å². The molecule has 1 aliphatic rings. The topological polar surface area (TPSA) is 61.9 Å². The average Bonchev–Trinajstić information content (AvgIpc) is 2.88. The van der Waals surface area contributed by atoms with Crippen LogP contribution in [0, 0.1) is 0 Å². The second-order valence-electron chi connectivity index (χ2n) is 5.14. The number of likely N-dealkylation sites (tertiary alicyclic amines) is 1. The van der Waals surface area contributed by atoms with Crippen molar-refractivity contribution in [2.75, 3.05) is 12.3 Å². The number of H-pyrrole nitrogens is 1. The van der Waals surface area contributed by atoms with Crippen LogP contribution in [0.5, 0.6) is 0 Å². The van der Waals surface area contributed by atoms with Gasteiger partial charge in [-0.15, -0.1) is 0 Å². The standard InChI is InChI=1S/C14H18N4OS/c1-10-5-2-3-8-18(10)12(19)9-20-14-16-11-6-4-7-15-13(11)17-14/h4,6-7,10H,2-3,5,8-9H2,1H3,(H,15,16,17)/t10-/m1/s1. The van der Waals surface area contributed by atoms with Crippen LogP contribution >= 0.6 is 11.8 Å². The number of amides is 1. The lowest BCUT2D eigenvalue weighted by Gasteiger charge is -2.33. The summed E-state index contributed by atoms with van der Waals surface area (Å²) in [5.74, 6) is 0.639. The molecule has 1 fully saturated rings. The molecular weight excluding hydrogens is 272 g/mol. The highest BCUT2D eigenvalue weighted by Gasteiger charge is 2.23. The van der Waals surface area contributed by atoms with Crippen molar-refractivity contribution in [3.05, 3.63) is 18.3 Å². The van der Waals surface area contributed by atoms with E-state index in [-0.39, 0.29) is 5.91 Å². The number of aromatic amines is 1. The lowest BCUT2D eigenvalue weighted by atomic mass is 10.0. The Morgan fingerprint density at radius 3 is 3.25 bits per heavy atom. The Morgan fingerprint density at radius 2 is 2.45 bits per heavy atom. The molecule has 3 rings (SSSR count). The maximum absolute atomic E-state index is 12.2. The largest absolute Gasteiger partial charge is 0.339 e. The molecule has 1 amide bonds. The molecule has 0 saturated carbocycles. The highest BCUT2D eigenvalue weighted by atomic mass is 32.2. The summed E-state index contributed by atoms with van der Waals surface area (Å²) in [5.41, 5.74) is 1.61. The zero-order valence-electron chi connectivity index (χ0n) is 11.5. The van der Waals surface area contributed by atoms with E-state index in [0.717, 1.165) is 30.1 Å². The molecule has 0 aromatic carbocycles. The minimum Gasteiger partial charge on any atom is -0.339 e. The number of nitrogens with zero attached hydrogens (tertiary/aromatic N) is 3. The zero-order chi connectivity index (χ0) is 13.9. The molecule has 0 unspecified atom stereocenters. The first-order valence-electron chi connectivity index (χ1n) is 6.97. The molecule has 1 saturated heterocycles. The van der Waals surface area contributed by atoms with Crippen LogP contribution in [0.1, 0.15) is 26.2 Å². The number of fused-ring (bicyclic) bond motifs is 1. The number of carbonyl (C=O) groups excluding carboxylic acids is 1. The van der Waals surface area contributed by atoms with Crippen molar-refractivity contribution in [1.82, 2.24) is 19.9 Å². The summed E-state index contributed by atoms with van der Waals surface area (Å²) in [6.45, 7) is 3.02. The zero-order valence-corrected chi connectivity index (χ0v) is 12.3. The normalized spacial score (nSPS) is 19.4. The second-order valence-corrected chi connectivity index (χ2v) is 6.10. The number of thioether (sulfide) groups is 1. The van der Waals surface area contributed by atoms with E-state index < -0.39 is 0 Å². The number of imidazole rings is 1. The Morgan fingerprint density at radius 1 is 1.55 bits per heavy atom. The van der Waals surface area contributed by atoms with Crippen molar-refractivity contribution in [2.24, 2.45) is 0 Å². The van der Waals surface area contributed by atoms with Crippen LogP contribution in [0.4, 0.5) is 0 Å². The van der Waals surface area contributed by atoms with Crippen molar-refractivity contribution in [2.45, 2.75) is 37.4 Å². The minimum atomic E-state index is 0.204. The van der Waals surface area contributed by atoms with Gasteiger partial charge in [0.2, 0.25) is 5.91 Å². The van der Waals surface area contributed by atoms with Crippen molar-refractivity contribution in [1.29, 1.82) is 0 Å². The number of carbonyl (C=O) groups is 1. The van der Waals surface area contributed by atoms with E-state index in [0.29, 0.717) is 17.4 Å². The van der Waals surface area contributed by atoms with Crippen LogP contribution in [0.25, 0.3) is 11.2 Å². The number of hydrogen-bond donors (Lipinski definition) is 1. The third kappa shape index (κ3) is 2.80. The smallest absolute Gasteiger partial charge is 0.233 e. The van der Waals surface area contributed by atoms with Gasteiger partial charge < -0.3 is 9.88 Å². The van der Waals surface area contributed by atoms with Crippen molar-refractivity contribution < 1.29 is 4.79 Å². The van der Waals surface area contributed by atoms with Crippen LogP contribution in [0.3, 0.4) is 0 Å². The summed E-state index contributed by atoms with van der Waals surface area (Å²) in [4.78, 5) is 26.0. The van der Waals surface area contributed by atoms with E-state index in [1.165, 1.54) is 18.2 Å². The van der Waals surface area contributed by atoms with Gasteiger partial charge in [0.25, 0.3) is 0 Å².